The highest BCUT2D eigenvalue weighted by atomic mass is 16.1. The molecule has 2 heteroatoms. The summed E-state index contributed by atoms with van der Waals surface area (Å²) in [5.74, 6) is -0.0171. The Morgan fingerprint density at radius 1 is 1.88 bits per heavy atom. The summed E-state index contributed by atoms with van der Waals surface area (Å²) in [6, 6.07) is 1.78. The van der Waals surface area contributed by atoms with Crippen molar-refractivity contribution in [3.05, 3.63) is 12.2 Å². The largest absolute Gasteiger partial charge is 0.300 e. The van der Waals surface area contributed by atoms with Crippen LogP contribution in [0.3, 0.4) is 0 Å². The molecule has 0 aliphatic rings. The molecule has 0 amide bonds. The quantitative estimate of drug-likeness (QED) is 0.497. The highest BCUT2D eigenvalue weighted by molar-refractivity contribution is 5.78. The number of nitrogens with zero attached hydrogens (tertiary/aromatic N) is 1. The van der Waals surface area contributed by atoms with Gasteiger partial charge in [0.1, 0.15) is 5.78 Å². The van der Waals surface area contributed by atoms with Gasteiger partial charge in [-0.15, -0.1) is 0 Å². The van der Waals surface area contributed by atoms with Gasteiger partial charge in [0.2, 0.25) is 0 Å². The molecular formula is C6H7NO. The number of carbonyl (C=O) groups is 1. The highest BCUT2D eigenvalue weighted by Gasteiger charge is 1.93. The number of carbonyl (C=O) groups excluding carboxylic acids is 1. The molecule has 0 saturated heterocycles. The van der Waals surface area contributed by atoms with E-state index >= 15 is 0 Å². The first-order chi connectivity index (χ1) is 3.66. The zero-order valence-electron chi connectivity index (χ0n) is 4.77. The first-order valence-corrected chi connectivity index (χ1v) is 2.24. The van der Waals surface area contributed by atoms with Crippen LogP contribution in [0.25, 0.3) is 0 Å². The maximum Gasteiger partial charge on any atom is 0.134 e. The third-order valence-electron chi connectivity index (χ3n) is 0.620. The minimum absolute atomic E-state index is 0.0171. The fraction of sp³-hybridized carbons (Fsp3) is 0.333. The SMILES string of the molecule is C=C(C#N)CC(C)=O. The molecule has 8 heavy (non-hydrogen) atoms. The van der Waals surface area contributed by atoms with Crippen molar-refractivity contribution in [1.29, 1.82) is 5.26 Å². The van der Waals surface area contributed by atoms with E-state index in [4.69, 9.17) is 5.26 Å². The first-order valence-electron chi connectivity index (χ1n) is 2.24. The molecule has 0 radical (unpaired) electrons. The lowest BCUT2D eigenvalue weighted by Crippen LogP contribution is -1.89. The molecule has 0 aromatic carbocycles. The van der Waals surface area contributed by atoms with E-state index in [1.807, 2.05) is 0 Å². The Morgan fingerprint density at radius 3 is 2.50 bits per heavy atom. The fourth-order valence-corrected chi connectivity index (χ4v) is 0.340. The molecule has 0 N–H and O–H groups in total. The average Bonchev–Trinajstić information content (AvgIpc) is 1.65. The summed E-state index contributed by atoms with van der Waals surface area (Å²) in [5, 5.41) is 8.08. The van der Waals surface area contributed by atoms with Crippen LogP contribution in [0.15, 0.2) is 12.2 Å². The Hall–Kier alpha value is -1.10. The lowest BCUT2D eigenvalue weighted by Gasteiger charge is -1.84. The Kier molecular flexibility index (Phi) is 2.57. The maximum atomic E-state index is 10.2. The van der Waals surface area contributed by atoms with E-state index in [2.05, 4.69) is 6.58 Å². The van der Waals surface area contributed by atoms with Crippen molar-refractivity contribution >= 4 is 5.78 Å². The standard InChI is InChI=1S/C6H7NO/c1-5(4-7)3-6(2)8/h1,3H2,2H3. The lowest BCUT2D eigenvalue weighted by molar-refractivity contribution is -0.116. The summed E-state index contributed by atoms with van der Waals surface area (Å²) in [6.07, 6.45) is 0.191. The maximum absolute atomic E-state index is 10.2. The van der Waals surface area contributed by atoms with Gasteiger partial charge in [0.15, 0.2) is 0 Å². The van der Waals surface area contributed by atoms with Crippen LogP contribution in [-0.2, 0) is 4.79 Å². The molecule has 0 fully saturated rings. The fourth-order valence-electron chi connectivity index (χ4n) is 0.340. The molecule has 0 aromatic heterocycles. The van der Waals surface area contributed by atoms with E-state index in [-0.39, 0.29) is 12.2 Å². The molecule has 0 rings (SSSR count). The second kappa shape index (κ2) is 2.98. The summed E-state index contributed by atoms with van der Waals surface area (Å²) in [6.45, 7) is 4.76. The number of allylic oxidation sites excluding steroid dienone is 1. The second-order valence-electron chi connectivity index (χ2n) is 1.59. The van der Waals surface area contributed by atoms with Crippen LogP contribution in [0.1, 0.15) is 13.3 Å². The molecule has 0 bridgehead atoms. The normalized spacial score (nSPS) is 7.50. The van der Waals surface area contributed by atoms with Gasteiger partial charge in [-0.05, 0) is 6.92 Å². The molecule has 0 saturated carbocycles. The number of Topliss-reactive ketones (excluding diaryl/α,β-unsaturated/α-hetero) is 1. The van der Waals surface area contributed by atoms with Gasteiger partial charge >= 0.3 is 0 Å². The van der Waals surface area contributed by atoms with Crippen molar-refractivity contribution in [2.75, 3.05) is 0 Å². The van der Waals surface area contributed by atoms with Gasteiger partial charge in [-0.3, -0.25) is 4.79 Å². The molecule has 2 nitrogen and oxygen atoms in total. The summed E-state index contributed by atoms with van der Waals surface area (Å²) >= 11 is 0. The summed E-state index contributed by atoms with van der Waals surface area (Å²) in [5.41, 5.74) is 0.331. The van der Waals surface area contributed by atoms with Crippen LogP contribution in [0.2, 0.25) is 0 Å². The first kappa shape index (κ1) is 6.90. The summed E-state index contributed by atoms with van der Waals surface area (Å²) in [4.78, 5) is 10.2. The molecule has 42 valence electrons. The third-order valence-corrected chi connectivity index (χ3v) is 0.620. The topological polar surface area (TPSA) is 40.9 Å². The van der Waals surface area contributed by atoms with E-state index in [0.717, 1.165) is 0 Å². The zero-order valence-corrected chi connectivity index (χ0v) is 4.77. The molecule has 0 aliphatic heterocycles. The minimum atomic E-state index is -0.0171. The van der Waals surface area contributed by atoms with Crippen molar-refractivity contribution < 1.29 is 4.79 Å². The third kappa shape index (κ3) is 3.10. The van der Waals surface area contributed by atoms with Gasteiger partial charge in [0.25, 0.3) is 0 Å². The van der Waals surface area contributed by atoms with Crippen LogP contribution in [-0.4, -0.2) is 5.78 Å². The monoisotopic (exact) mass is 109 g/mol. The van der Waals surface area contributed by atoms with Crippen LogP contribution in [0, 0.1) is 11.3 Å². The van der Waals surface area contributed by atoms with Crippen molar-refractivity contribution in [3.63, 3.8) is 0 Å². The van der Waals surface area contributed by atoms with Gasteiger partial charge in [-0.2, -0.15) is 5.26 Å². The number of hydrogen-bond acceptors (Lipinski definition) is 2. The van der Waals surface area contributed by atoms with E-state index < -0.39 is 0 Å². The minimum Gasteiger partial charge on any atom is -0.300 e. The Bertz CT molecular complexity index is 152. The van der Waals surface area contributed by atoms with Crippen LogP contribution in [0.5, 0.6) is 0 Å². The number of ketones is 1. The van der Waals surface area contributed by atoms with Gasteiger partial charge in [0, 0.05) is 12.0 Å². The molecule has 0 atom stereocenters. The molecule has 0 aromatic rings. The van der Waals surface area contributed by atoms with Crippen molar-refractivity contribution in [1.82, 2.24) is 0 Å². The molecular weight excluding hydrogens is 102 g/mol. The van der Waals surface area contributed by atoms with Crippen molar-refractivity contribution in [3.8, 4) is 6.07 Å². The molecule has 0 aliphatic carbocycles. The average molecular weight is 109 g/mol. The zero-order chi connectivity index (χ0) is 6.57. The van der Waals surface area contributed by atoms with Crippen LogP contribution in [0.4, 0.5) is 0 Å². The number of nitriles is 1. The van der Waals surface area contributed by atoms with Crippen molar-refractivity contribution in [2.45, 2.75) is 13.3 Å². The smallest absolute Gasteiger partial charge is 0.134 e. The summed E-state index contributed by atoms with van der Waals surface area (Å²) in [7, 11) is 0. The van der Waals surface area contributed by atoms with E-state index in [9.17, 15) is 4.79 Å². The van der Waals surface area contributed by atoms with Gasteiger partial charge in [-0.25, -0.2) is 0 Å². The molecule has 0 unspecified atom stereocenters. The van der Waals surface area contributed by atoms with Gasteiger partial charge < -0.3 is 0 Å². The van der Waals surface area contributed by atoms with E-state index in [0.29, 0.717) is 5.57 Å². The molecule has 0 spiro atoms. The molecule has 0 heterocycles. The summed E-state index contributed by atoms with van der Waals surface area (Å²) < 4.78 is 0. The predicted molar refractivity (Wildman–Crippen MR) is 30.1 cm³/mol. The van der Waals surface area contributed by atoms with E-state index in [1.54, 1.807) is 6.07 Å². The Balaban J connectivity index is 3.61. The van der Waals surface area contributed by atoms with Crippen molar-refractivity contribution in [2.24, 2.45) is 0 Å². The van der Waals surface area contributed by atoms with Crippen LogP contribution >= 0.6 is 0 Å². The van der Waals surface area contributed by atoms with E-state index in [1.165, 1.54) is 6.92 Å². The second-order valence-corrected chi connectivity index (χ2v) is 1.59. The highest BCUT2D eigenvalue weighted by Crippen LogP contribution is 1.94. The number of hydrogen-bond donors (Lipinski definition) is 0. The lowest BCUT2D eigenvalue weighted by atomic mass is 10.2. The van der Waals surface area contributed by atoms with Crippen LogP contribution < -0.4 is 0 Å². The Morgan fingerprint density at radius 2 is 2.38 bits per heavy atom. The Labute approximate surface area is 48.4 Å². The predicted octanol–water partition coefficient (Wildman–Crippen LogP) is 1.05. The van der Waals surface area contributed by atoms with Gasteiger partial charge in [0.05, 0.1) is 6.07 Å². The van der Waals surface area contributed by atoms with Gasteiger partial charge in [-0.1, -0.05) is 6.58 Å². The number of rotatable bonds is 2.